The lowest BCUT2D eigenvalue weighted by atomic mass is 10.0. The molecule has 1 amide bonds. The molecule has 0 unspecified atom stereocenters. The molecule has 0 heterocycles. The van der Waals surface area contributed by atoms with Crippen LogP contribution in [-0.4, -0.2) is 23.7 Å². The zero-order chi connectivity index (χ0) is 13.4. The van der Waals surface area contributed by atoms with Gasteiger partial charge in [-0.25, -0.2) is 0 Å². The Labute approximate surface area is 103 Å². The van der Waals surface area contributed by atoms with Gasteiger partial charge in [-0.15, -0.1) is 0 Å². The summed E-state index contributed by atoms with van der Waals surface area (Å²) in [5.74, 6) is -0.302. The van der Waals surface area contributed by atoms with Crippen molar-refractivity contribution in [2.45, 2.75) is 40.2 Å². The van der Waals surface area contributed by atoms with Crippen LogP contribution >= 0.6 is 0 Å². The maximum atomic E-state index is 12.0. The number of anilines is 1. The monoisotopic (exact) mass is 235 g/mol. The highest BCUT2D eigenvalue weighted by Crippen LogP contribution is 2.24. The number of rotatable bonds is 2. The van der Waals surface area contributed by atoms with Gasteiger partial charge in [-0.05, 0) is 57.4 Å². The van der Waals surface area contributed by atoms with Crippen LogP contribution in [0, 0.1) is 20.8 Å². The first-order chi connectivity index (χ1) is 7.64. The fraction of sp³-hybridized carbons (Fsp3) is 0.500. The molecule has 0 saturated heterocycles. The predicted octanol–water partition coefficient (Wildman–Crippen LogP) is 2.35. The van der Waals surface area contributed by atoms with E-state index in [-0.39, 0.29) is 5.91 Å². The number of nitrogens with zero attached hydrogens (tertiary/aromatic N) is 1. The van der Waals surface area contributed by atoms with Crippen LogP contribution in [0.5, 0.6) is 0 Å². The molecular weight excluding hydrogens is 214 g/mol. The first-order valence-corrected chi connectivity index (χ1v) is 5.73. The molecule has 0 fully saturated rings. The van der Waals surface area contributed by atoms with Crippen LogP contribution < -0.4 is 4.90 Å². The van der Waals surface area contributed by atoms with Crippen molar-refractivity contribution in [3.8, 4) is 0 Å². The largest absolute Gasteiger partial charge is 0.381 e. The van der Waals surface area contributed by atoms with E-state index in [2.05, 4.69) is 6.07 Å². The normalized spacial score (nSPS) is 11.5. The summed E-state index contributed by atoms with van der Waals surface area (Å²) in [7, 11) is 1.69. The van der Waals surface area contributed by atoms with Gasteiger partial charge in [0.05, 0.1) is 0 Å². The molecule has 0 atom stereocenters. The molecular formula is C14H21NO2. The van der Waals surface area contributed by atoms with Gasteiger partial charge >= 0.3 is 0 Å². The van der Waals surface area contributed by atoms with Crippen LogP contribution in [0.15, 0.2) is 12.1 Å². The lowest BCUT2D eigenvalue weighted by Gasteiger charge is -2.27. The molecule has 0 saturated carbocycles. The van der Waals surface area contributed by atoms with Crippen LogP contribution in [0.4, 0.5) is 5.69 Å². The molecule has 94 valence electrons. The van der Waals surface area contributed by atoms with Crippen molar-refractivity contribution in [1.29, 1.82) is 0 Å². The van der Waals surface area contributed by atoms with Crippen molar-refractivity contribution in [2.75, 3.05) is 11.9 Å². The van der Waals surface area contributed by atoms with Gasteiger partial charge in [0.2, 0.25) is 0 Å². The number of aliphatic hydroxyl groups is 1. The van der Waals surface area contributed by atoms with Crippen LogP contribution in [-0.2, 0) is 4.79 Å². The number of amides is 1. The van der Waals surface area contributed by atoms with Gasteiger partial charge in [-0.2, -0.15) is 0 Å². The Morgan fingerprint density at radius 2 is 1.59 bits per heavy atom. The molecule has 0 radical (unpaired) electrons. The standard InChI is InChI=1S/C14H21NO2/c1-9-7-11(3)12(8-10(9)2)15(6)13(16)14(4,5)17/h7-8,17H,1-6H3. The van der Waals surface area contributed by atoms with Crippen LogP contribution in [0.3, 0.4) is 0 Å². The SMILES string of the molecule is Cc1cc(C)c(N(C)C(=O)C(C)(C)O)cc1C. The Kier molecular flexibility index (Phi) is 3.62. The fourth-order valence-electron chi connectivity index (χ4n) is 1.83. The predicted molar refractivity (Wildman–Crippen MR) is 70.4 cm³/mol. The third-order valence-corrected chi connectivity index (χ3v) is 3.00. The van der Waals surface area contributed by atoms with E-state index in [1.54, 1.807) is 7.05 Å². The minimum absolute atomic E-state index is 0.302. The Bertz CT molecular complexity index is 444. The molecule has 0 aliphatic carbocycles. The molecule has 1 aromatic rings. The molecule has 17 heavy (non-hydrogen) atoms. The average Bonchev–Trinajstić information content (AvgIpc) is 2.20. The van der Waals surface area contributed by atoms with Gasteiger partial charge in [0, 0.05) is 12.7 Å². The highest BCUT2D eigenvalue weighted by molar-refractivity contribution is 5.98. The second-order valence-electron chi connectivity index (χ2n) is 5.15. The first kappa shape index (κ1) is 13.7. The van der Waals surface area contributed by atoms with E-state index in [0.717, 1.165) is 16.8 Å². The molecule has 0 aliphatic heterocycles. The molecule has 3 nitrogen and oxygen atoms in total. The summed E-state index contributed by atoms with van der Waals surface area (Å²) in [5.41, 5.74) is 2.88. The van der Waals surface area contributed by atoms with Gasteiger partial charge in [-0.3, -0.25) is 4.79 Å². The molecule has 0 bridgehead atoms. The maximum absolute atomic E-state index is 12.0. The number of carbonyl (C=O) groups is 1. The minimum Gasteiger partial charge on any atom is -0.381 e. The topological polar surface area (TPSA) is 40.5 Å². The Balaban J connectivity index is 3.17. The number of benzene rings is 1. The highest BCUT2D eigenvalue weighted by Gasteiger charge is 2.28. The molecule has 3 heteroatoms. The summed E-state index contributed by atoms with van der Waals surface area (Å²) in [4.78, 5) is 13.5. The van der Waals surface area contributed by atoms with Crippen molar-refractivity contribution in [3.05, 3.63) is 28.8 Å². The second-order valence-corrected chi connectivity index (χ2v) is 5.15. The maximum Gasteiger partial charge on any atom is 0.258 e. The molecule has 1 N–H and O–H groups in total. The smallest absolute Gasteiger partial charge is 0.258 e. The van der Waals surface area contributed by atoms with E-state index in [0.29, 0.717) is 0 Å². The average molecular weight is 235 g/mol. The summed E-state index contributed by atoms with van der Waals surface area (Å²) in [6, 6.07) is 4.03. The quantitative estimate of drug-likeness (QED) is 0.854. The Morgan fingerprint density at radius 3 is 2.06 bits per heavy atom. The van der Waals surface area contributed by atoms with E-state index >= 15 is 0 Å². The van der Waals surface area contributed by atoms with Gasteiger partial charge in [0.1, 0.15) is 5.60 Å². The van der Waals surface area contributed by atoms with Crippen molar-refractivity contribution < 1.29 is 9.90 Å². The fourth-order valence-corrected chi connectivity index (χ4v) is 1.83. The van der Waals surface area contributed by atoms with Crippen LogP contribution in [0.25, 0.3) is 0 Å². The molecule has 1 rings (SSSR count). The van der Waals surface area contributed by atoms with E-state index < -0.39 is 5.60 Å². The minimum atomic E-state index is -1.35. The summed E-state index contributed by atoms with van der Waals surface area (Å²) in [5, 5.41) is 9.74. The first-order valence-electron chi connectivity index (χ1n) is 5.73. The molecule has 0 spiro atoms. The van der Waals surface area contributed by atoms with Crippen molar-refractivity contribution in [1.82, 2.24) is 0 Å². The number of likely N-dealkylation sites (N-methyl/N-ethyl adjacent to an activating group) is 1. The Hall–Kier alpha value is -1.35. The number of carbonyl (C=O) groups excluding carboxylic acids is 1. The van der Waals surface area contributed by atoms with Gasteiger partial charge in [-0.1, -0.05) is 6.07 Å². The van der Waals surface area contributed by atoms with Crippen molar-refractivity contribution in [2.24, 2.45) is 0 Å². The third kappa shape index (κ3) is 2.86. The summed E-state index contributed by atoms with van der Waals surface area (Å²) in [6.45, 7) is 9.03. The lowest BCUT2D eigenvalue weighted by Crippen LogP contribution is -2.43. The summed E-state index contributed by atoms with van der Waals surface area (Å²) < 4.78 is 0. The lowest BCUT2D eigenvalue weighted by molar-refractivity contribution is -0.133. The Morgan fingerprint density at radius 1 is 1.12 bits per heavy atom. The third-order valence-electron chi connectivity index (χ3n) is 3.00. The van der Waals surface area contributed by atoms with E-state index in [4.69, 9.17) is 0 Å². The highest BCUT2D eigenvalue weighted by atomic mass is 16.3. The summed E-state index contributed by atoms with van der Waals surface area (Å²) >= 11 is 0. The van der Waals surface area contributed by atoms with E-state index in [9.17, 15) is 9.90 Å². The molecule has 0 aliphatic rings. The van der Waals surface area contributed by atoms with E-state index in [1.807, 2.05) is 26.8 Å². The second kappa shape index (κ2) is 4.49. The van der Waals surface area contributed by atoms with E-state index in [1.165, 1.54) is 24.3 Å². The zero-order valence-electron chi connectivity index (χ0n) is 11.5. The molecule has 1 aromatic carbocycles. The zero-order valence-corrected chi connectivity index (χ0v) is 11.5. The van der Waals surface area contributed by atoms with Crippen molar-refractivity contribution >= 4 is 11.6 Å². The van der Waals surface area contributed by atoms with Gasteiger partial charge in [0.15, 0.2) is 0 Å². The van der Waals surface area contributed by atoms with Crippen LogP contribution in [0.2, 0.25) is 0 Å². The van der Waals surface area contributed by atoms with Crippen molar-refractivity contribution in [3.63, 3.8) is 0 Å². The number of hydrogen-bond acceptors (Lipinski definition) is 2. The van der Waals surface area contributed by atoms with Gasteiger partial charge in [0.25, 0.3) is 5.91 Å². The number of aryl methyl sites for hydroxylation is 3. The van der Waals surface area contributed by atoms with Gasteiger partial charge < -0.3 is 10.0 Å². The number of hydrogen-bond donors (Lipinski definition) is 1. The van der Waals surface area contributed by atoms with Crippen LogP contribution in [0.1, 0.15) is 30.5 Å². The summed E-state index contributed by atoms with van der Waals surface area (Å²) in [6.07, 6.45) is 0. The molecule has 0 aromatic heterocycles.